The van der Waals surface area contributed by atoms with E-state index in [0.717, 1.165) is 23.1 Å². The third-order valence-electron chi connectivity index (χ3n) is 3.35. The molecule has 0 aliphatic rings. The van der Waals surface area contributed by atoms with Crippen molar-refractivity contribution in [3.05, 3.63) is 38.1 Å². The third kappa shape index (κ3) is 4.95. The van der Waals surface area contributed by atoms with Gasteiger partial charge in [0.2, 0.25) is 5.91 Å². The summed E-state index contributed by atoms with van der Waals surface area (Å²) in [6.07, 6.45) is 0. The molecule has 0 radical (unpaired) electrons. The zero-order valence-electron chi connectivity index (χ0n) is 15.0. The SMILES string of the molecule is COC(=O)c1sc(NC(=O)CSc2nc(C)cc(=O)[nH]2)c(C(=O)OC)c1C. The van der Waals surface area contributed by atoms with E-state index in [-0.39, 0.29) is 26.8 Å². The van der Waals surface area contributed by atoms with Crippen molar-refractivity contribution in [1.29, 1.82) is 0 Å². The number of thioether (sulfide) groups is 1. The first-order valence-corrected chi connectivity index (χ1v) is 9.37. The summed E-state index contributed by atoms with van der Waals surface area (Å²) in [7, 11) is 2.43. The molecule has 0 spiro atoms. The van der Waals surface area contributed by atoms with Crippen LogP contribution < -0.4 is 10.9 Å². The number of methoxy groups -OCH3 is 2. The van der Waals surface area contributed by atoms with Crippen LogP contribution in [0.1, 0.15) is 31.3 Å². The highest BCUT2D eigenvalue weighted by Crippen LogP contribution is 2.34. The smallest absolute Gasteiger partial charge is 0.348 e. The molecule has 2 aromatic rings. The maximum Gasteiger partial charge on any atom is 0.348 e. The van der Waals surface area contributed by atoms with E-state index < -0.39 is 17.8 Å². The van der Waals surface area contributed by atoms with E-state index in [0.29, 0.717) is 16.4 Å². The molecular weight excluding hydrogens is 394 g/mol. The Labute approximate surface area is 162 Å². The van der Waals surface area contributed by atoms with Crippen LogP contribution in [0.15, 0.2) is 16.0 Å². The normalized spacial score (nSPS) is 10.4. The Morgan fingerprint density at radius 3 is 2.48 bits per heavy atom. The minimum absolute atomic E-state index is 0.0580. The molecule has 0 atom stereocenters. The maximum atomic E-state index is 12.3. The molecule has 144 valence electrons. The molecule has 2 N–H and O–H groups in total. The first-order chi connectivity index (χ1) is 12.8. The molecular formula is C16H17N3O6S2. The second-order valence-electron chi connectivity index (χ2n) is 5.27. The monoisotopic (exact) mass is 411 g/mol. The third-order valence-corrected chi connectivity index (χ3v) is 5.41. The fourth-order valence-electron chi connectivity index (χ4n) is 2.15. The number of thiophene rings is 1. The fourth-order valence-corrected chi connectivity index (χ4v) is 4.00. The largest absolute Gasteiger partial charge is 0.465 e. The van der Waals surface area contributed by atoms with Gasteiger partial charge in [0.1, 0.15) is 9.88 Å². The number of nitrogens with zero attached hydrogens (tertiary/aromatic N) is 1. The number of H-pyrrole nitrogens is 1. The average Bonchev–Trinajstić information content (AvgIpc) is 2.94. The topological polar surface area (TPSA) is 127 Å². The molecule has 0 aliphatic carbocycles. The molecule has 2 aromatic heterocycles. The number of ether oxygens (including phenoxy) is 2. The van der Waals surface area contributed by atoms with E-state index in [1.807, 2.05) is 0 Å². The van der Waals surface area contributed by atoms with Crippen LogP contribution >= 0.6 is 23.1 Å². The summed E-state index contributed by atoms with van der Waals surface area (Å²) in [6.45, 7) is 3.24. The molecule has 9 nitrogen and oxygen atoms in total. The number of carbonyl (C=O) groups excluding carboxylic acids is 3. The molecule has 0 saturated heterocycles. The number of nitrogens with one attached hydrogen (secondary N) is 2. The molecule has 2 heterocycles. The van der Waals surface area contributed by atoms with E-state index >= 15 is 0 Å². The number of aromatic amines is 1. The Hall–Kier alpha value is -2.66. The van der Waals surface area contributed by atoms with Crippen molar-refractivity contribution in [2.75, 3.05) is 25.3 Å². The van der Waals surface area contributed by atoms with Crippen molar-refractivity contribution in [1.82, 2.24) is 9.97 Å². The predicted octanol–water partition coefficient (Wildman–Crippen LogP) is 1.75. The number of carbonyl (C=O) groups is 3. The summed E-state index contributed by atoms with van der Waals surface area (Å²) in [4.78, 5) is 54.4. The lowest BCUT2D eigenvalue weighted by molar-refractivity contribution is -0.113. The van der Waals surface area contributed by atoms with Gasteiger partial charge in [-0.15, -0.1) is 11.3 Å². The first kappa shape index (κ1) is 20.6. The van der Waals surface area contributed by atoms with Gasteiger partial charge in [-0.1, -0.05) is 11.8 Å². The van der Waals surface area contributed by atoms with Crippen LogP contribution in [0.2, 0.25) is 0 Å². The van der Waals surface area contributed by atoms with Gasteiger partial charge < -0.3 is 19.8 Å². The molecule has 11 heteroatoms. The zero-order valence-corrected chi connectivity index (χ0v) is 16.6. The van der Waals surface area contributed by atoms with Crippen molar-refractivity contribution >= 4 is 45.9 Å². The van der Waals surface area contributed by atoms with Gasteiger partial charge in [0.05, 0.1) is 25.5 Å². The van der Waals surface area contributed by atoms with E-state index in [1.165, 1.54) is 20.3 Å². The van der Waals surface area contributed by atoms with Crippen molar-refractivity contribution < 1.29 is 23.9 Å². The lowest BCUT2D eigenvalue weighted by atomic mass is 10.1. The van der Waals surface area contributed by atoms with Gasteiger partial charge in [-0.2, -0.15) is 0 Å². The van der Waals surface area contributed by atoms with E-state index in [1.54, 1.807) is 13.8 Å². The summed E-state index contributed by atoms with van der Waals surface area (Å²) in [5.74, 6) is -1.78. The minimum Gasteiger partial charge on any atom is -0.465 e. The quantitative estimate of drug-likeness (QED) is 0.418. The van der Waals surface area contributed by atoms with Gasteiger partial charge >= 0.3 is 11.9 Å². The van der Waals surface area contributed by atoms with Gasteiger partial charge in [0.25, 0.3) is 5.56 Å². The molecule has 0 aliphatic heterocycles. The van der Waals surface area contributed by atoms with Crippen molar-refractivity contribution in [2.45, 2.75) is 19.0 Å². The molecule has 27 heavy (non-hydrogen) atoms. The van der Waals surface area contributed by atoms with E-state index in [4.69, 9.17) is 9.47 Å². The average molecular weight is 411 g/mol. The molecule has 2 rings (SSSR count). The summed E-state index contributed by atoms with van der Waals surface area (Å²) in [5, 5.41) is 3.09. The lowest BCUT2D eigenvalue weighted by Crippen LogP contribution is -2.17. The highest BCUT2D eigenvalue weighted by atomic mass is 32.2. The second kappa shape index (κ2) is 8.82. The highest BCUT2D eigenvalue weighted by Gasteiger charge is 2.26. The van der Waals surface area contributed by atoms with Gasteiger partial charge in [-0.05, 0) is 19.4 Å². The Bertz CT molecular complexity index is 950. The molecule has 0 fully saturated rings. The summed E-state index contributed by atoms with van der Waals surface area (Å²) < 4.78 is 9.42. The zero-order chi connectivity index (χ0) is 20.1. The number of aromatic nitrogens is 2. The summed E-state index contributed by atoms with van der Waals surface area (Å²) in [5.41, 5.74) is 0.691. The van der Waals surface area contributed by atoms with Crippen LogP contribution in [0, 0.1) is 13.8 Å². The van der Waals surface area contributed by atoms with E-state index in [9.17, 15) is 19.2 Å². The van der Waals surface area contributed by atoms with Crippen molar-refractivity contribution in [2.24, 2.45) is 0 Å². The van der Waals surface area contributed by atoms with Gasteiger partial charge in [-0.3, -0.25) is 9.59 Å². The van der Waals surface area contributed by atoms with E-state index in [2.05, 4.69) is 15.3 Å². The van der Waals surface area contributed by atoms with Crippen LogP contribution in [-0.4, -0.2) is 47.8 Å². The van der Waals surface area contributed by atoms with Crippen LogP contribution in [0.5, 0.6) is 0 Å². The van der Waals surface area contributed by atoms with Gasteiger partial charge in [-0.25, -0.2) is 14.6 Å². The number of esters is 2. The Morgan fingerprint density at radius 1 is 1.22 bits per heavy atom. The van der Waals surface area contributed by atoms with Crippen LogP contribution in [0.4, 0.5) is 5.00 Å². The number of hydrogen-bond acceptors (Lipinski definition) is 9. The minimum atomic E-state index is -0.675. The van der Waals surface area contributed by atoms with Crippen LogP contribution in [0.25, 0.3) is 0 Å². The van der Waals surface area contributed by atoms with Crippen LogP contribution in [0.3, 0.4) is 0 Å². The second-order valence-corrected chi connectivity index (χ2v) is 7.26. The van der Waals surface area contributed by atoms with Gasteiger partial charge in [0.15, 0.2) is 5.16 Å². The predicted molar refractivity (Wildman–Crippen MR) is 101 cm³/mol. The molecule has 0 unspecified atom stereocenters. The van der Waals surface area contributed by atoms with Crippen LogP contribution in [-0.2, 0) is 14.3 Å². The highest BCUT2D eigenvalue weighted by molar-refractivity contribution is 7.99. The molecule has 0 bridgehead atoms. The summed E-state index contributed by atoms with van der Waals surface area (Å²) >= 11 is 1.96. The standard InChI is InChI=1S/C16H17N3O6S2/c1-7-5-9(20)19-16(17-7)26-6-10(21)18-13-11(14(22)24-3)8(2)12(27-13)15(23)25-4/h5H,6H2,1-4H3,(H,18,21)(H,17,19,20). The Kier molecular flexibility index (Phi) is 6.75. The molecule has 1 amide bonds. The lowest BCUT2D eigenvalue weighted by Gasteiger charge is -2.06. The Balaban J connectivity index is 2.19. The Morgan fingerprint density at radius 2 is 1.89 bits per heavy atom. The molecule has 0 saturated carbocycles. The molecule has 0 aromatic carbocycles. The number of anilines is 1. The number of aryl methyl sites for hydroxylation is 1. The summed E-state index contributed by atoms with van der Waals surface area (Å²) in [6, 6.07) is 1.34. The maximum absolute atomic E-state index is 12.3. The fraction of sp³-hybridized carbons (Fsp3) is 0.312. The number of rotatable bonds is 6. The van der Waals surface area contributed by atoms with Crippen molar-refractivity contribution in [3.63, 3.8) is 0 Å². The number of amides is 1. The van der Waals surface area contributed by atoms with Crippen molar-refractivity contribution in [3.8, 4) is 0 Å². The van der Waals surface area contributed by atoms with Gasteiger partial charge in [0, 0.05) is 11.8 Å². The number of hydrogen-bond donors (Lipinski definition) is 2. The first-order valence-electron chi connectivity index (χ1n) is 7.57.